The van der Waals surface area contributed by atoms with Crippen LogP contribution < -0.4 is 0 Å². The molecule has 0 saturated carbocycles. The maximum absolute atomic E-state index is 11.8. The van der Waals surface area contributed by atoms with Crippen molar-refractivity contribution < 1.29 is 9.53 Å². The van der Waals surface area contributed by atoms with E-state index in [4.69, 9.17) is 4.74 Å². The lowest BCUT2D eigenvalue weighted by atomic mass is 10.1. The molecule has 0 unspecified atom stereocenters. The van der Waals surface area contributed by atoms with Gasteiger partial charge in [-0.3, -0.25) is 4.68 Å². The highest BCUT2D eigenvalue weighted by Crippen LogP contribution is 2.25. The van der Waals surface area contributed by atoms with Crippen molar-refractivity contribution in [1.82, 2.24) is 9.78 Å². The summed E-state index contributed by atoms with van der Waals surface area (Å²) in [5.74, 6) is -0.437. The van der Waals surface area contributed by atoms with E-state index in [1.165, 1.54) is 7.11 Å². The first kappa shape index (κ1) is 15.5. The zero-order chi connectivity index (χ0) is 16.2. The van der Waals surface area contributed by atoms with Gasteiger partial charge in [0.15, 0.2) is 5.69 Å². The van der Waals surface area contributed by atoms with E-state index in [1.807, 2.05) is 59.3 Å². The van der Waals surface area contributed by atoms with Crippen molar-refractivity contribution in [3.63, 3.8) is 0 Å². The predicted molar refractivity (Wildman–Crippen MR) is 92.2 cm³/mol. The fraction of sp³-hybridized carbons (Fsp3) is 0.111. The summed E-state index contributed by atoms with van der Waals surface area (Å²) in [4.78, 5) is 11.8. The molecule has 1 heterocycles. The van der Waals surface area contributed by atoms with Crippen LogP contribution in [-0.2, 0) is 11.3 Å². The Kier molecular flexibility index (Phi) is 4.57. The van der Waals surface area contributed by atoms with Gasteiger partial charge in [-0.1, -0.05) is 58.4 Å². The second-order valence-electron chi connectivity index (χ2n) is 5.06. The Morgan fingerprint density at radius 2 is 1.91 bits per heavy atom. The molecule has 0 atom stereocenters. The number of halogens is 1. The molecule has 4 nitrogen and oxygen atoms in total. The fourth-order valence-electron chi connectivity index (χ4n) is 2.38. The third-order valence-electron chi connectivity index (χ3n) is 3.47. The lowest BCUT2D eigenvalue weighted by Crippen LogP contribution is -2.07. The lowest BCUT2D eigenvalue weighted by molar-refractivity contribution is 0.0593. The molecular weight excluding hydrogens is 356 g/mol. The minimum Gasteiger partial charge on any atom is -0.464 e. The second-order valence-corrected chi connectivity index (χ2v) is 5.98. The summed E-state index contributed by atoms with van der Waals surface area (Å²) in [5, 5.41) is 4.41. The van der Waals surface area contributed by atoms with Crippen LogP contribution in [0.3, 0.4) is 0 Å². The molecule has 5 heteroatoms. The van der Waals surface area contributed by atoms with Gasteiger partial charge in [0.25, 0.3) is 0 Å². The van der Waals surface area contributed by atoms with E-state index in [-0.39, 0.29) is 0 Å². The van der Waals surface area contributed by atoms with E-state index in [9.17, 15) is 4.79 Å². The highest BCUT2D eigenvalue weighted by atomic mass is 79.9. The Bertz CT molecular complexity index is 828. The molecule has 0 radical (unpaired) electrons. The first-order valence-corrected chi connectivity index (χ1v) is 7.92. The zero-order valence-corrected chi connectivity index (χ0v) is 14.2. The molecule has 0 bridgehead atoms. The molecule has 0 N–H and O–H groups in total. The van der Waals surface area contributed by atoms with E-state index in [0.29, 0.717) is 12.2 Å². The van der Waals surface area contributed by atoms with Gasteiger partial charge in [-0.25, -0.2) is 4.79 Å². The van der Waals surface area contributed by atoms with Crippen molar-refractivity contribution in [2.24, 2.45) is 0 Å². The van der Waals surface area contributed by atoms with Crippen molar-refractivity contribution in [2.75, 3.05) is 7.11 Å². The summed E-state index contributed by atoms with van der Waals surface area (Å²) in [5.41, 5.74) is 3.27. The molecule has 2 aromatic carbocycles. The van der Waals surface area contributed by atoms with Gasteiger partial charge in [0, 0.05) is 10.0 Å². The van der Waals surface area contributed by atoms with Gasteiger partial charge in [0.2, 0.25) is 0 Å². The maximum atomic E-state index is 11.8. The first-order valence-electron chi connectivity index (χ1n) is 7.13. The van der Waals surface area contributed by atoms with E-state index in [1.54, 1.807) is 6.07 Å². The third-order valence-corrected chi connectivity index (χ3v) is 3.96. The number of aromatic nitrogens is 2. The number of ether oxygens (including phenoxy) is 1. The number of esters is 1. The third kappa shape index (κ3) is 3.51. The number of benzene rings is 2. The molecule has 0 aliphatic carbocycles. The standard InChI is InChI=1S/C18H15BrN2O2/c1-23-18(22)16-11-17(14-8-5-9-15(19)10-14)21(20-16)12-13-6-3-2-4-7-13/h2-11H,12H2,1H3. The van der Waals surface area contributed by atoms with Crippen LogP contribution in [0.25, 0.3) is 11.3 Å². The molecule has 3 rings (SSSR count). The van der Waals surface area contributed by atoms with Crippen molar-refractivity contribution in [3.05, 3.63) is 76.4 Å². The number of hydrogen-bond donors (Lipinski definition) is 0. The SMILES string of the molecule is COC(=O)c1cc(-c2cccc(Br)c2)n(Cc2ccccc2)n1. The van der Waals surface area contributed by atoms with Crippen molar-refractivity contribution in [3.8, 4) is 11.3 Å². The largest absolute Gasteiger partial charge is 0.464 e. The normalized spacial score (nSPS) is 10.5. The van der Waals surface area contributed by atoms with Crippen LogP contribution >= 0.6 is 15.9 Å². The number of hydrogen-bond acceptors (Lipinski definition) is 3. The molecular formula is C18H15BrN2O2. The summed E-state index contributed by atoms with van der Waals surface area (Å²) >= 11 is 3.48. The number of carbonyl (C=O) groups is 1. The topological polar surface area (TPSA) is 44.1 Å². The van der Waals surface area contributed by atoms with E-state index in [2.05, 4.69) is 21.0 Å². The van der Waals surface area contributed by atoms with Crippen LogP contribution in [0.1, 0.15) is 16.1 Å². The molecule has 116 valence electrons. The summed E-state index contributed by atoms with van der Waals surface area (Å²) in [6.07, 6.45) is 0. The Morgan fingerprint density at radius 1 is 1.13 bits per heavy atom. The molecule has 23 heavy (non-hydrogen) atoms. The maximum Gasteiger partial charge on any atom is 0.358 e. The van der Waals surface area contributed by atoms with Gasteiger partial charge < -0.3 is 4.74 Å². The molecule has 0 amide bonds. The number of carbonyl (C=O) groups excluding carboxylic acids is 1. The average molecular weight is 371 g/mol. The van der Waals surface area contributed by atoms with Crippen molar-refractivity contribution in [1.29, 1.82) is 0 Å². The molecule has 1 aromatic heterocycles. The molecule has 0 saturated heterocycles. The number of rotatable bonds is 4. The minimum atomic E-state index is -0.437. The van der Waals surface area contributed by atoms with Gasteiger partial charge in [0.05, 0.1) is 19.3 Å². The van der Waals surface area contributed by atoms with E-state index >= 15 is 0 Å². The number of nitrogens with zero attached hydrogens (tertiary/aromatic N) is 2. The molecule has 0 fully saturated rings. The Balaban J connectivity index is 2.05. The van der Waals surface area contributed by atoms with Gasteiger partial charge in [-0.2, -0.15) is 5.10 Å². The smallest absolute Gasteiger partial charge is 0.358 e. The first-order chi connectivity index (χ1) is 11.2. The lowest BCUT2D eigenvalue weighted by Gasteiger charge is -2.08. The van der Waals surface area contributed by atoms with Gasteiger partial charge in [0.1, 0.15) is 0 Å². The average Bonchev–Trinajstić information content (AvgIpc) is 2.99. The summed E-state index contributed by atoms with van der Waals surface area (Å²) in [6, 6.07) is 19.7. The summed E-state index contributed by atoms with van der Waals surface area (Å²) in [7, 11) is 1.36. The summed E-state index contributed by atoms with van der Waals surface area (Å²) in [6.45, 7) is 0.583. The molecule has 0 spiro atoms. The van der Waals surface area contributed by atoms with Crippen LogP contribution in [0, 0.1) is 0 Å². The number of methoxy groups -OCH3 is 1. The van der Waals surface area contributed by atoms with E-state index in [0.717, 1.165) is 21.3 Å². The van der Waals surface area contributed by atoms with Crippen LogP contribution in [0.5, 0.6) is 0 Å². The summed E-state index contributed by atoms with van der Waals surface area (Å²) < 4.78 is 7.59. The highest BCUT2D eigenvalue weighted by molar-refractivity contribution is 9.10. The second kappa shape index (κ2) is 6.79. The molecule has 0 aliphatic heterocycles. The van der Waals surface area contributed by atoms with Gasteiger partial charge >= 0.3 is 5.97 Å². The van der Waals surface area contributed by atoms with Gasteiger partial charge in [-0.05, 0) is 23.8 Å². The monoisotopic (exact) mass is 370 g/mol. The van der Waals surface area contributed by atoms with Crippen molar-refractivity contribution in [2.45, 2.75) is 6.54 Å². The Morgan fingerprint density at radius 3 is 2.61 bits per heavy atom. The van der Waals surface area contributed by atoms with Crippen molar-refractivity contribution >= 4 is 21.9 Å². The van der Waals surface area contributed by atoms with Gasteiger partial charge in [-0.15, -0.1) is 0 Å². The zero-order valence-electron chi connectivity index (χ0n) is 12.6. The van der Waals surface area contributed by atoms with Crippen LogP contribution in [0.2, 0.25) is 0 Å². The van der Waals surface area contributed by atoms with E-state index < -0.39 is 5.97 Å². The van der Waals surface area contributed by atoms with Crippen LogP contribution in [0.4, 0.5) is 0 Å². The van der Waals surface area contributed by atoms with Crippen LogP contribution in [0.15, 0.2) is 65.1 Å². The van der Waals surface area contributed by atoms with Crippen LogP contribution in [-0.4, -0.2) is 22.9 Å². The molecule has 3 aromatic rings. The predicted octanol–water partition coefficient (Wildman–Crippen LogP) is 4.15. The Labute approximate surface area is 142 Å². The quantitative estimate of drug-likeness (QED) is 0.648. The molecule has 0 aliphatic rings. The Hall–Kier alpha value is -2.40. The highest BCUT2D eigenvalue weighted by Gasteiger charge is 2.16. The minimum absolute atomic E-state index is 0.304. The fourth-order valence-corrected chi connectivity index (χ4v) is 2.78.